The van der Waals surface area contributed by atoms with Crippen LogP contribution in [0.4, 0.5) is 4.39 Å². The molecule has 2 heterocycles. The number of aromatic amines is 1. The molecule has 0 amide bonds. The predicted molar refractivity (Wildman–Crippen MR) is 108 cm³/mol. The third kappa shape index (κ3) is 4.70. The lowest BCUT2D eigenvalue weighted by atomic mass is 9.88. The highest BCUT2D eigenvalue weighted by Gasteiger charge is 2.40. The molecule has 3 atom stereocenters. The van der Waals surface area contributed by atoms with Gasteiger partial charge in [-0.2, -0.15) is 17.4 Å². The molecule has 170 valence electrons. The van der Waals surface area contributed by atoms with Crippen LogP contribution in [0.25, 0.3) is 0 Å². The molecule has 0 aliphatic carbocycles. The van der Waals surface area contributed by atoms with Crippen LogP contribution in [0.3, 0.4) is 0 Å². The van der Waals surface area contributed by atoms with Gasteiger partial charge in [0.2, 0.25) is 5.89 Å². The van der Waals surface area contributed by atoms with Gasteiger partial charge in [0.1, 0.15) is 17.9 Å². The average molecular weight is 456 g/mol. The predicted octanol–water partition coefficient (Wildman–Crippen LogP) is 1.74. The average Bonchev–Trinajstić information content (AvgIpc) is 3.15. The van der Waals surface area contributed by atoms with Crippen LogP contribution < -0.4 is 10.5 Å². The SMILES string of the molecule is Cc1ccc(F)c([C@H](C)[C@H](NS(=O)(=O)N2CCCCC2C(=O)O)c2n[nH]c(=O)o2)c1C. The number of nitrogens with one attached hydrogen (secondary N) is 2. The minimum Gasteiger partial charge on any atom is -0.480 e. The van der Waals surface area contributed by atoms with Crippen LogP contribution in [0.2, 0.25) is 0 Å². The maximum absolute atomic E-state index is 14.7. The Labute approximate surface area is 178 Å². The first kappa shape index (κ1) is 23.1. The number of aryl methyl sites for hydroxylation is 1. The van der Waals surface area contributed by atoms with Crippen molar-refractivity contribution in [3.8, 4) is 0 Å². The molecule has 1 unspecified atom stereocenters. The van der Waals surface area contributed by atoms with E-state index < -0.39 is 45.8 Å². The molecule has 0 bridgehead atoms. The third-order valence-electron chi connectivity index (χ3n) is 5.73. The minimum atomic E-state index is -4.34. The van der Waals surface area contributed by atoms with Gasteiger partial charge in [-0.15, -0.1) is 5.10 Å². The number of hydrogen-bond acceptors (Lipinski definition) is 6. The second kappa shape index (κ2) is 8.89. The van der Waals surface area contributed by atoms with Gasteiger partial charge in [-0.1, -0.05) is 13.0 Å². The lowest BCUT2D eigenvalue weighted by Crippen LogP contribution is -2.53. The smallest absolute Gasteiger partial charge is 0.434 e. The Bertz CT molecular complexity index is 1130. The van der Waals surface area contributed by atoms with Crippen LogP contribution in [0.15, 0.2) is 21.3 Å². The monoisotopic (exact) mass is 456 g/mol. The Morgan fingerprint density at radius 1 is 1.39 bits per heavy atom. The van der Waals surface area contributed by atoms with Crippen LogP contribution in [-0.2, 0) is 15.0 Å². The topological polar surface area (TPSA) is 146 Å². The van der Waals surface area contributed by atoms with Gasteiger partial charge in [-0.05, 0) is 55.9 Å². The van der Waals surface area contributed by atoms with E-state index in [1.54, 1.807) is 26.8 Å². The molecule has 0 radical (unpaired) electrons. The van der Waals surface area contributed by atoms with Crippen LogP contribution in [-0.4, -0.2) is 46.6 Å². The van der Waals surface area contributed by atoms with E-state index in [1.807, 2.05) is 0 Å². The summed E-state index contributed by atoms with van der Waals surface area (Å²) in [4.78, 5) is 23.1. The fourth-order valence-corrected chi connectivity index (χ4v) is 5.60. The summed E-state index contributed by atoms with van der Waals surface area (Å²) in [6, 6.07) is 0.423. The number of rotatable bonds is 7. The summed E-state index contributed by atoms with van der Waals surface area (Å²) in [5.41, 5.74) is 1.66. The molecule has 10 nitrogen and oxygen atoms in total. The molecule has 1 saturated heterocycles. The summed E-state index contributed by atoms with van der Waals surface area (Å²) < 4.78 is 49.3. The van der Waals surface area contributed by atoms with Gasteiger partial charge >= 0.3 is 11.7 Å². The molecule has 3 N–H and O–H groups in total. The van der Waals surface area contributed by atoms with Crippen molar-refractivity contribution < 1.29 is 27.1 Å². The Morgan fingerprint density at radius 2 is 2.10 bits per heavy atom. The number of piperidine rings is 1. The molecule has 1 aliphatic rings. The van der Waals surface area contributed by atoms with Gasteiger partial charge in [0.05, 0.1) is 0 Å². The van der Waals surface area contributed by atoms with Crippen molar-refractivity contribution in [3.63, 3.8) is 0 Å². The zero-order valence-electron chi connectivity index (χ0n) is 17.4. The molecule has 31 heavy (non-hydrogen) atoms. The Balaban J connectivity index is 2.04. The van der Waals surface area contributed by atoms with Crippen LogP contribution in [0, 0.1) is 19.7 Å². The molecule has 0 spiro atoms. The van der Waals surface area contributed by atoms with E-state index in [4.69, 9.17) is 4.42 Å². The van der Waals surface area contributed by atoms with E-state index in [1.165, 1.54) is 6.07 Å². The first-order chi connectivity index (χ1) is 14.5. The number of carboxylic acids is 1. The highest BCUT2D eigenvalue weighted by Crippen LogP contribution is 2.35. The van der Waals surface area contributed by atoms with E-state index in [0.29, 0.717) is 18.4 Å². The lowest BCUT2D eigenvalue weighted by molar-refractivity contribution is -0.142. The van der Waals surface area contributed by atoms with Gasteiger partial charge in [0.15, 0.2) is 0 Å². The summed E-state index contributed by atoms with van der Waals surface area (Å²) in [5.74, 6) is -3.78. The van der Waals surface area contributed by atoms with E-state index in [9.17, 15) is 27.5 Å². The largest absolute Gasteiger partial charge is 0.480 e. The number of benzene rings is 1. The number of nitrogens with zero attached hydrogens (tertiary/aromatic N) is 2. The summed E-state index contributed by atoms with van der Waals surface area (Å²) in [5, 5.41) is 15.3. The maximum Gasteiger partial charge on any atom is 0.434 e. The van der Waals surface area contributed by atoms with Crippen molar-refractivity contribution in [3.05, 3.63) is 51.1 Å². The number of carboxylic acid groups (broad SMARTS) is 1. The Kier molecular flexibility index (Phi) is 6.62. The fraction of sp³-hybridized carbons (Fsp3) is 0.526. The summed E-state index contributed by atoms with van der Waals surface area (Å²) in [7, 11) is -4.34. The van der Waals surface area contributed by atoms with Gasteiger partial charge in [0.25, 0.3) is 10.2 Å². The lowest BCUT2D eigenvalue weighted by Gasteiger charge is -2.34. The first-order valence-electron chi connectivity index (χ1n) is 9.86. The number of carbonyl (C=O) groups is 1. The number of aliphatic carboxylic acids is 1. The maximum atomic E-state index is 14.7. The van der Waals surface area contributed by atoms with Crippen LogP contribution in [0.5, 0.6) is 0 Å². The quantitative estimate of drug-likeness (QED) is 0.575. The number of aromatic nitrogens is 2. The molecule has 3 rings (SSSR count). The van der Waals surface area contributed by atoms with Gasteiger partial charge in [0, 0.05) is 12.5 Å². The molecular weight excluding hydrogens is 431 g/mol. The van der Waals surface area contributed by atoms with E-state index in [0.717, 1.165) is 9.87 Å². The normalized spacial score (nSPS) is 19.8. The van der Waals surface area contributed by atoms with Crippen molar-refractivity contribution in [2.24, 2.45) is 0 Å². The fourth-order valence-electron chi connectivity index (χ4n) is 3.94. The Hall–Kier alpha value is -2.57. The molecule has 1 fully saturated rings. The minimum absolute atomic E-state index is 0.0236. The van der Waals surface area contributed by atoms with Gasteiger partial charge < -0.3 is 9.52 Å². The zero-order chi connectivity index (χ0) is 22.9. The number of halogens is 1. The van der Waals surface area contributed by atoms with Gasteiger partial charge in [-0.3, -0.25) is 4.79 Å². The summed E-state index contributed by atoms with van der Waals surface area (Å²) >= 11 is 0. The van der Waals surface area contributed by atoms with E-state index in [-0.39, 0.29) is 24.4 Å². The molecular formula is C19H25FN4O6S. The Morgan fingerprint density at radius 3 is 2.71 bits per heavy atom. The first-order valence-corrected chi connectivity index (χ1v) is 11.3. The zero-order valence-corrected chi connectivity index (χ0v) is 18.2. The van der Waals surface area contributed by atoms with E-state index >= 15 is 0 Å². The van der Waals surface area contributed by atoms with Crippen molar-refractivity contribution in [2.75, 3.05) is 6.54 Å². The summed E-state index contributed by atoms with van der Waals surface area (Å²) in [6.07, 6.45) is 1.28. The van der Waals surface area contributed by atoms with Crippen LogP contribution >= 0.6 is 0 Å². The van der Waals surface area contributed by atoms with Crippen molar-refractivity contribution in [1.82, 2.24) is 19.2 Å². The third-order valence-corrected chi connectivity index (χ3v) is 7.34. The van der Waals surface area contributed by atoms with Crippen molar-refractivity contribution >= 4 is 16.2 Å². The number of H-pyrrole nitrogens is 1. The molecule has 0 saturated carbocycles. The second-order valence-electron chi connectivity index (χ2n) is 7.70. The standard InChI is InChI=1S/C19H25FN4O6S/c1-10-7-8-13(20)15(11(10)2)12(3)16(17-21-22-19(27)30-17)23-31(28,29)24-9-5-4-6-14(24)18(25)26/h7-8,12,14,16,23H,4-6,9H2,1-3H3,(H,22,27)(H,25,26)/t12-,14?,16-/m0/s1. The molecule has 1 aromatic heterocycles. The van der Waals surface area contributed by atoms with Crippen molar-refractivity contribution in [2.45, 2.75) is 58.0 Å². The van der Waals surface area contributed by atoms with Gasteiger partial charge in [-0.25, -0.2) is 14.3 Å². The molecule has 12 heteroatoms. The highest BCUT2D eigenvalue weighted by molar-refractivity contribution is 7.87. The van der Waals surface area contributed by atoms with Crippen LogP contribution in [0.1, 0.15) is 60.7 Å². The number of hydrogen-bond donors (Lipinski definition) is 3. The van der Waals surface area contributed by atoms with E-state index in [2.05, 4.69) is 14.9 Å². The highest BCUT2D eigenvalue weighted by atomic mass is 32.2. The molecule has 1 aliphatic heterocycles. The van der Waals surface area contributed by atoms with Crippen molar-refractivity contribution in [1.29, 1.82) is 0 Å². The summed E-state index contributed by atoms with van der Waals surface area (Å²) in [6.45, 7) is 5.11. The second-order valence-corrected chi connectivity index (χ2v) is 9.36. The molecule has 1 aromatic carbocycles. The molecule has 2 aromatic rings.